The van der Waals surface area contributed by atoms with Crippen LogP contribution in [0.25, 0.3) is 10.9 Å². The van der Waals surface area contributed by atoms with E-state index in [-0.39, 0.29) is 6.42 Å². The smallest absolute Gasteiger partial charge is 0.254 e. The molecule has 0 atom stereocenters. The number of aromatic nitrogens is 1. The largest absolute Gasteiger partial charge is 0.489 e. The second kappa shape index (κ2) is 7.79. The lowest BCUT2D eigenvalue weighted by molar-refractivity contribution is -0.120. The number of rotatable bonds is 6. The molecular formula is C19H16N4O2. The van der Waals surface area contributed by atoms with Crippen molar-refractivity contribution >= 4 is 23.0 Å². The molecule has 0 aliphatic carbocycles. The number of fused-ring (bicyclic) bond motifs is 1. The van der Waals surface area contributed by atoms with Crippen LogP contribution in [-0.2, 0) is 11.4 Å². The van der Waals surface area contributed by atoms with Crippen LogP contribution < -0.4 is 10.2 Å². The van der Waals surface area contributed by atoms with E-state index in [0.717, 1.165) is 27.8 Å². The maximum Gasteiger partial charge on any atom is 0.254 e. The van der Waals surface area contributed by atoms with Crippen molar-refractivity contribution in [3.05, 3.63) is 65.9 Å². The Morgan fingerprint density at radius 2 is 2.12 bits per heavy atom. The van der Waals surface area contributed by atoms with E-state index in [1.165, 1.54) is 0 Å². The van der Waals surface area contributed by atoms with Crippen LogP contribution >= 0.6 is 0 Å². The number of hydrogen-bond acceptors (Lipinski definition) is 4. The summed E-state index contributed by atoms with van der Waals surface area (Å²) in [5.74, 6) is 0.333. The number of hydrazone groups is 1. The number of amides is 1. The molecule has 0 radical (unpaired) electrons. The van der Waals surface area contributed by atoms with Gasteiger partial charge in [0.25, 0.3) is 5.91 Å². The molecule has 0 aliphatic heterocycles. The first kappa shape index (κ1) is 16.3. The molecule has 1 aromatic heterocycles. The third-order valence-electron chi connectivity index (χ3n) is 3.57. The molecular weight excluding hydrogens is 316 g/mol. The summed E-state index contributed by atoms with van der Waals surface area (Å²) in [6.45, 7) is 0.506. The molecule has 124 valence electrons. The number of ether oxygens (including phenoxy) is 1. The normalized spacial score (nSPS) is 10.7. The van der Waals surface area contributed by atoms with Crippen LogP contribution in [0.4, 0.5) is 0 Å². The van der Waals surface area contributed by atoms with Crippen molar-refractivity contribution in [1.29, 1.82) is 5.26 Å². The Bertz CT molecular complexity index is 939. The van der Waals surface area contributed by atoms with Gasteiger partial charge in [0.2, 0.25) is 0 Å². The Kier molecular flexibility index (Phi) is 5.07. The van der Waals surface area contributed by atoms with Gasteiger partial charge in [-0.1, -0.05) is 30.3 Å². The molecule has 6 nitrogen and oxygen atoms in total. The average molecular weight is 332 g/mol. The Labute approximate surface area is 144 Å². The number of carbonyl (C=O) groups excluding carboxylic acids is 1. The van der Waals surface area contributed by atoms with Gasteiger partial charge >= 0.3 is 0 Å². The van der Waals surface area contributed by atoms with Gasteiger partial charge in [-0.05, 0) is 17.7 Å². The number of hydrogen-bond donors (Lipinski definition) is 2. The molecule has 1 heterocycles. The van der Waals surface area contributed by atoms with Crippen LogP contribution in [0.2, 0.25) is 0 Å². The van der Waals surface area contributed by atoms with E-state index in [4.69, 9.17) is 10.00 Å². The summed E-state index contributed by atoms with van der Waals surface area (Å²) in [5.41, 5.74) is 5.16. The number of benzene rings is 2. The fourth-order valence-corrected chi connectivity index (χ4v) is 2.35. The van der Waals surface area contributed by atoms with Gasteiger partial charge in [-0.25, -0.2) is 5.43 Å². The van der Waals surface area contributed by atoms with E-state index in [1.54, 1.807) is 18.5 Å². The molecule has 0 fully saturated rings. The molecule has 0 bridgehead atoms. The third kappa shape index (κ3) is 4.24. The zero-order valence-corrected chi connectivity index (χ0v) is 13.4. The highest BCUT2D eigenvalue weighted by molar-refractivity contribution is 5.99. The first-order valence-corrected chi connectivity index (χ1v) is 7.73. The second-order valence-electron chi connectivity index (χ2n) is 5.35. The van der Waals surface area contributed by atoms with Crippen LogP contribution in [0, 0.1) is 11.3 Å². The van der Waals surface area contributed by atoms with Gasteiger partial charge in [0.1, 0.15) is 18.8 Å². The summed E-state index contributed by atoms with van der Waals surface area (Å²) in [4.78, 5) is 14.4. The predicted octanol–water partition coefficient (Wildman–Crippen LogP) is 3.11. The lowest BCUT2D eigenvalue weighted by Crippen LogP contribution is -2.16. The maximum absolute atomic E-state index is 11.2. The molecule has 6 heteroatoms. The third-order valence-corrected chi connectivity index (χ3v) is 3.57. The van der Waals surface area contributed by atoms with Crippen molar-refractivity contribution in [3.63, 3.8) is 0 Å². The Hall–Kier alpha value is -3.59. The molecule has 0 spiro atoms. The van der Waals surface area contributed by atoms with Crippen molar-refractivity contribution in [1.82, 2.24) is 10.4 Å². The second-order valence-corrected chi connectivity index (χ2v) is 5.35. The summed E-state index contributed by atoms with van der Waals surface area (Å²) in [5, 5.41) is 13.2. The molecule has 2 N–H and O–H groups in total. The molecule has 3 rings (SSSR count). The lowest BCUT2D eigenvalue weighted by Gasteiger charge is -2.06. The first-order valence-electron chi connectivity index (χ1n) is 7.73. The highest BCUT2D eigenvalue weighted by Gasteiger charge is 2.04. The quantitative estimate of drug-likeness (QED) is 0.537. The maximum atomic E-state index is 11.2. The van der Waals surface area contributed by atoms with Crippen molar-refractivity contribution in [2.45, 2.75) is 13.0 Å². The van der Waals surface area contributed by atoms with Crippen LogP contribution in [0.15, 0.2) is 59.8 Å². The monoisotopic (exact) mass is 332 g/mol. The first-order chi connectivity index (χ1) is 12.3. The molecule has 1 amide bonds. The Balaban J connectivity index is 1.67. The minimum atomic E-state index is -0.435. The van der Waals surface area contributed by atoms with Gasteiger partial charge in [-0.2, -0.15) is 10.4 Å². The van der Waals surface area contributed by atoms with Crippen molar-refractivity contribution in [3.8, 4) is 11.8 Å². The number of carbonyl (C=O) groups is 1. The number of aromatic amines is 1. The number of nitrogens with zero attached hydrogens (tertiary/aromatic N) is 2. The van der Waals surface area contributed by atoms with Crippen LogP contribution in [0.1, 0.15) is 17.5 Å². The van der Waals surface area contributed by atoms with E-state index in [0.29, 0.717) is 6.61 Å². The summed E-state index contributed by atoms with van der Waals surface area (Å²) in [6.07, 6.45) is 3.12. The van der Waals surface area contributed by atoms with E-state index < -0.39 is 5.91 Å². The topological polar surface area (TPSA) is 90.3 Å². The van der Waals surface area contributed by atoms with Gasteiger partial charge < -0.3 is 9.72 Å². The van der Waals surface area contributed by atoms with Crippen molar-refractivity contribution < 1.29 is 9.53 Å². The SMILES string of the molecule is N#CCC(=O)NN=Cc1c[nH]c2cc(OCc3ccccc3)ccc12. The predicted molar refractivity (Wildman–Crippen MR) is 95.0 cm³/mol. The number of nitrogens with one attached hydrogen (secondary N) is 2. The standard InChI is InChI=1S/C19H16N4O2/c20-9-8-19(24)23-22-12-15-11-21-18-10-16(6-7-17(15)18)25-13-14-4-2-1-3-5-14/h1-7,10-12,21H,8,13H2,(H,23,24). The lowest BCUT2D eigenvalue weighted by atomic mass is 10.2. The zero-order valence-electron chi connectivity index (χ0n) is 13.4. The number of H-pyrrole nitrogens is 1. The van der Waals surface area contributed by atoms with Gasteiger partial charge in [0.15, 0.2) is 0 Å². The minimum Gasteiger partial charge on any atom is -0.489 e. The fourth-order valence-electron chi connectivity index (χ4n) is 2.35. The fraction of sp³-hybridized carbons (Fsp3) is 0.105. The van der Waals surface area contributed by atoms with Crippen molar-refractivity contribution in [2.24, 2.45) is 5.10 Å². The summed E-state index contributed by atoms with van der Waals surface area (Å²) < 4.78 is 5.81. The molecule has 0 aliphatic rings. The molecule has 0 saturated heterocycles. The van der Waals surface area contributed by atoms with E-state index in [1.807, 2.05) is 48.5 Å². The molecule has 0 saturated carbocycles. The highest BCUT2D eigenvalue weighted by atomic mass is 16.5. The van der Waals surface area contributed by atoms with Gasteiger partial charge in [-0.3, -0.25) is 4.79 Å². The van der Waals surface area contributed by atoms with Crippen molar-refractivity contribution in [2.75, 3.05) is 0 Å². The Morgan fingerprint density at radius 1 is 1.28 bits per heavy atom. The van der Waals surface area contributed by atoms with Crippen LogP contribution in [0.5, 0.6) is 5.75 Å². The molecule has 3 aromatic rings. The van der Waals surface area contributed by atoms with Gasteiger partial charge in [0, 0.05) is 28.7 Å². The average Bonchev–Trinajstić information content (AvgIpc) is 3.03. The minimum absolute atomic E-state index is 0.215. The number of nitriles is 1. The zero-order chi connectivity index (χ0) is 17.5. The molecule has 0 unspecified atom stereocenters. The van der Waals surface area contributed by atoms with E-state index in [9.17, 15) is 4.79 Å². The van der Waals surface area contributed by atoms with E-state index >= 15 is 0 Å². The van der Waals surface area contributed by atoms with E-state index in [2.05, 4.69) is 15.5 Å². The van der Waals surface area contributed by atoms with Crippen LogP contribution in [0.3, 0.4) is 0 Å². The summed E-state index contributed by atoms with van der Waals surface area (Å²) in [7, 11) is 0. The highest BCUT2D eigenvalue weighted by Crippen LogP contribution is 2.23. The van der Waals surface area contributed by atoms with Crippen LogP contribution in [-0.4, -0.2) is 17.1 Å². The summed E-state index contributed by atoms with van der Waals surface area (Å²) in [6, 6.07) is 17.5. The molecule has 25 heavy (non-hydrogen) atoms. The van der Waals surface area contributed by atoms with Gasteiger partial charge in [-0.15, -0.1) is 0 Å². The molecule has 2 aromatic carbocycles. The summed E-state index contributed by atoms with van der Waals surface area (Å²) >= 11 is 0. The Morgan fingerprint density at radius 3 is 2.92 bits per heavy atom. The van der Waals surface area contributed by atoms with Gasteiger partial charge in [0.05, 0.1) is 12.3 Å².